The van der Waals surface area contributed by atoms with Crippen LogP contribution in [0.5, 0.6) is 0 Å². The van der Waals surface area contributed by atoms with E-state index in [-0.39, 0.29) is 5.97 Å². The minimum Gasteiger partial charge on any atom is -0.462 e. The van der Waals surface area contributed by atoms with Gasteiger partial charge in [0, 0.05) is 6.20 Å². The highest BCUT2D eigenvalue weighted by Crippen LogP contribution is 2.08. The number of carbonyl (C=O) groups excluding carboxylic acids is 1. The van der Waals surface area contributed by atoms with Gasteiger partial charge in [-0.15, -0.1) is 0 Å². The Morgan fingerprint density at radius 2 is 2.50 bits per heavy atom. The zero-order chi connectivity index (χ0) is 9.97. The fourth-order valence-corrected chi connectivity index (χ4v) is 1.22. The maximum Gasteiger partial charge on any atom is 0.341 e. The van der Waals surface area contributed by atoms with Crippen molar-refractivity contribution in [3.63, 3.8) is 0 Å². The normalized spacial score (nSPS) is 10.4. The van der Waals surface area contributed by atoms with Crippen LogP contribution in [0, 0.1) is 0 Å². The molecule has 0 saturated carbocycles. The molecule has 0 unspecified atom stereocenters. The van der Waals surface area contributed by atoms with Gasteiger partial charge in [0.2, 0.25) is 0 Å². The molecule has 0 amide bonds. The van der Waals surface area contributed by atoms with Crippen molar-refractivity contribution >= 4 is 11.6 Å². The molecule has 0 saturated heterocycles. The van der Waals surface area contributed by atoms with Gasteiger partial charge in [0.25, 0.3) is 0 Å². The number of nitrogens with zero attached hydrogens (tertiary/aromatic N) is 3. The Labute approximate surface area is 80.3 Å². The van der Waals surface area contributed by atoms with E-state index in [2.05, 4.69) is 10.1 Å². The zero-order valence-corrected chi connectivity index (χ0v) is 7.67. The van der Waals surface area contributed by atoms with Gasteiger partial charge in [0.1, 0.15) is 11.9 Å². The van der Waals surface area contributed by atoms with Gasteiger partial charge in [0.05, 0.1) is 6.61 Å². The third-order valence-corrected chi connectivity index (χ3v) is 1.80. The first kappa shape index (κ1) is 8.68. The number of esters is 1. The lowest BCUT2D eigenvalue weighted by molar-refractivity contribution is 0.0528. The number of hydrogen-bond acceptors (Lipinski definition) is 4. The highest BCUT2D eigenvalue weighted by molar-refractivity contribution is 5.95. The lowest BCUT2D eigenvalue weighted by Crippen LogP contribution is -2.06. The van der Waals surface area contributed by atoms with E-state index in [0.29, 0.717) is 17.8 Å². The summed E-state index contributed by atoms with van der Waals surface area (Å²) in [5, 5.41) is 3.92. The van der Waals surface area contributed by atoms with Gasteiger partial charge >= 0.3 is 5.97 Å². The summed E-state index contributed by atoms with van der Waals surface area (Å²) in [5.74, 6) is -0.369. The predicted molar refractivity (Wildman–Crippen MR) is 48.9 cm³/mol. The van der Waals surface area contributed by atoms with E-state index >= 15 is 0 Å². The summed E-state index contributed by atoms with van der Waals surface area (Å²) in [5.41, 5.74) is 0.956. The minimum absolute atomic E-state index is 0.355. The van der Waals surface area contributed by atoms with Crippen molar-refractivity contribution in [2.24, 2.45) is 0 Å². The number of rotatable bonds is 2. The molecule has 2 aromatic heterocycles. The van der Waals surface area contributed by atoms with Crippen molar-refractivity contribution in [3.05, 3.63) is 30.2 Å². The molecule has 0 aliphatic heterocycles. The largest absolute Gasteiger partial charge is 0.462 e. The Balaban J connectivity index is 2.50. The van der Waals surface area contributed by atoms with Gasteiger partial charge in [-0.2, -0.15) is 5.10 Å². The van der Waals surface area contributed by atoms with E-state index in [0.717, 1.165) is 0 Å². The first-order valence-corrected chi connectivity index (χ1v) is 4.28. The summed E-state index contributed by atoms with van der Waals surface area (Å²) in [6.07, 6.45) is 3.13. The third kappa shape index (κ3) is 1.32. The van der Waals surface area contributed by atoms with Crippen LogP contribution in [0.2, 0.25) is 0 Å². The maximum atomic E-state index is 11.5. The average molecular weight is 191 g/mol. The van der Waals surface area contributed by atoms with Crippen LogP contribution in [0.4, 0.5) is 0 Å². The number of ether oxygens (including phenoxy) is 1. The van der Waals surface area contributed by atoms with E-state index in [9.17, 15) is 4.79 Å². The van der Waals surface area contributed by atoms with Gasteiger partial charge in [-0.25, -0.2) is 14.3 Å². The third-order valence-electron chi connectivity index (χ3n) is 1.80. The van der Waals surface area contributed by atoms with Crippen molar-refractivity contribution in [2.45, 2.75) is 6.92 Å². The second kappa shape index (κ2) is 3.45. The van der Waals surface area contributed by atoms with Crippen molar-refractivity contribution in [1.82, 2.24) is 14.6 Å². The van der Waals surface area contributed by atoms with Gasteiger partial charge in [0.15, 0.2) is 5.65 Å². The molecule has 0 fully saturated rings. The predicted octanol–water partition coefficient (Wildman–Crippen LogP) is 0.906. The SMILES string of the molecule is CCOC(=O)c1cccn2ncnc12. The van der Waals surface area contributed by atoms with Crippen LogP contribution in [0.15, 0.2) is 24.7 Å². The topological polar surface area (TPSA) is 56.5 Å². The minimum atomic E-state index is -0.369. The van der Waals surface area contributed by atoms with E-state index in [1.807, 2.05) is 0 Å². The van der Waals surface area contributed by atoms with Crippen LogP contribution in [-0.2, 0) is 4.74 Å². The van der Waals surface area contributed by atoms with E-state index < -0.39 is 0 Å². The summed E-state index contributed by atoms with van der Waals surface area (Å²) in [4.78, 5) is 15.4. The molecule has 2 rings (SSSR count). The summed E-state index contributed by atoms with van der Waals surface area (Å²) in [6, 6.07) is 3.40. The van der Waals surface area contributed by atoms with Gasteiger partial charge in [-0.3, -0.25) is 0 Å². The number of fused-ring (bicyclic) bond motifs is 1. The number of carbonyl (C=O) groups is 1. The lowest BCUT2D eigenvalue weighted by atomic mass is 10.3. The van der Waals surface area contributed by atoms with Crippen molar-refractivity contribution in [1.29, 1.82) is 0 Å². The number of pyridine rings is 1. The Hall–Kier alpha value is -1.91. The second-order valence-corrected chi connectivity index (χ2v) is 2.67. The Bertz CT molecular complexity index is 464. The van der Waals surface area contributed by atoms with Crippen LogP contribution >= 0.6 is 0 Å². The van der Waals surface area contributed by atoms with E-state index in [1.54, 1.807) is 25.3 Å². The fraction of sp³-hybridized carbons (Fsp3) is 0.222. The summed E-state index contributed by atoms with van der Waals surface area (Å²) in [7, 11) is 0. The van der Waals surface area contributed by atoms with Crippen LogP contribution in [0.3, 0.4) is 0 Å². The fourth-order valence-electron chi connectivity index (χ4n) is 1.22. The second-order valence-electron chi connectivity index (χ2n) is 2.67. The Morgan fingerprint density at radius 3 is 3.29 bits per heavy atom. The number of aromatic nitrogens is 3. The molecular weight excluding hydrogens is 182 g/mol. The molecular formula is C9H9N3O2. The highest BCUT2D eigenvalue weighted by atomic mass is 16.5. The molecule has 5 heteroatoms. The first-order chi connectivity index (χ1) is 6.83. The lowest BCUT2D eigenvalue weighted by Gasteiger charge is -2.01. The van der Waals surface area contributed by atoms with Crippen LogP contribution in [0.1, 0.15) is 17.3 Å². The molecule has 5 nitrogen and oxygen atoms in total. The van der Waals surface area contributed by atoms with Gasteiger partial charge < -0.3 is 4.74 Å². The van der Waals surface area contributed by atoms with Crippen LogP contribution in [-0.4, -0.2) is 27.2 Å². The number of hydrogen-bond donors (Lipinski definition) is 0. The van der Waals surface area contributed by atoms with Crippen LogP contribution < -0.4 is 0 Å². The molecule has 2 heterocycles. The monoisotopic (exact) mass is 191 g/mol. The summed E-state index contributed by atoms with van der Waals surface area (Å²) < 4.78 is 6.42. The molecule has 0 bridgehead atoms. The van der Waals surface area contributed by atoms with Gasteiger partial charge in [-0.1, -0.05) is 0 Å². The molecule has 72 valence electrons. The molecule has 0 aromatic carbocycles. The molecule has 0 aliphatic carbocycles. The molecule has 2 aromatic rings. The summed E-state index contributed by atoms with van der Waals surface area (Å²) in [6.45, 7) is 2.12. The van der Waals surface area contributed by atoms with Crippen molar-refractivity contribution in [3.8, 4) is 0 Å². The standard InChI is InChI=1S/C9H9N3O2/c1-2-14-9(13)7-4-3-5-12-8(7)10-6-11-12/h3-6H,2H2,1H3. The molecule has 0 aliphatic rings. The van der Waals surface area contributed by atoms with Crippen molar-refractivity contribution in [2.75, 3.05) is 6.61 Å². The molecule has 0 spiro atoms. The molecule has 0 atom stereocenters. The van der Waals surface area contributed by atoms with Crippen LogP contribution in [0.25, 0.3) is 5.65 Å². The highest BCUT2D eigenvalue weighted by Gasteiger charge is 2.11. The quantitative estimate of drug-likeness (QED) is 0.662. The van der Waals surface area contributed by atoms with Crippen molar-refractivity contribution < 1.29 is 9.53 Å². The molecule has 0 N–H and O–H groups in total. The van der Waals surface area contributed by atoms with E-state index in [4.69, 9.17) is 4.74 Å². The Kier molecular flexibility index (Phi) is 2.14. The average Bonchev–Trinajstić information content (AvgIpc) is 2.65. The first-order valence-electron chi connectivity index (χ1n) is 4.28. The smallest absolute Gasteiger partial charge is 0.341 e. The van der Waals surface area contributed by atoms with Gasteiger partial charge in [-0.05, 0) is 19.1 Å². The zero-order valence-electron chi connectivity index (χ0n) is 7.67. The molecule has 0 radical (unpaired) electrons. The van der Waals surface area contributed by atoms with E-state index in [1.165, 1.54) is 10.8 Å². The maximum absolute atomic E-state index is 11.5. The summed E-state index contributed by atoms with van der Waals surface area (Å²) >= 11 is 0. The Morgan fingerprint density at radius 1 is 1.64 bits per heavy atom. The molecule has 14 heavy (non-hydrogen) atoms.